The van der Waals surface area contributed by atoms with Crippen molar-refractivity contribution in [2.75, 3.05) is 5.01 Å². The summed E-state index contributed by atoms with van der Waals surface area (Å²) >= 11 is 12.8. The van der Waals surface area contributed by atoms with Crippen molar-refractivity contribution in [1.29, 1.82) is 0 Å². The number of hydrogen-bond acceptors (Lipinski definition) is 5. The van der Waals surface area contributed by atoms with Gasteiger partial charge >= 0.3 is 0 Å². The first-order valence-electron chi connectivity index (χ1n) is 12.4. The van der Waals surface area contributed by atoms with Crippen LogP contribution in [0.1, 0.15) is 23.6 Å². The molecule has 0 saturated heterocycles. The molecule has 0 amide bonds. The third kappa shape index (κ3) is 5.14. The predicted molar refractivity (Wildman–Crippen MR) is 160 cm³/mol. The van der Waals surface area contributed by atoms with Gasteiger partial charge in [-0.15, -0.1) is 0 Å². The van der Waals surface area contributed by atoms with E-state index in [4.69, 9.17) is 38.5 Å². The lowest BCUT2D eigenvalue weighted by Crippen LogP contribution is -2.19. The highest BCUT2D eigenvalue weighted by Crippen LogP contribution is 2.42. The second-order valence-electron chi connectivity index (χ2n) is 9.35. The number of hydrogen-bond donors (Lipinski definition) is 1. The van der Waals surface area contributed by atoms with Crippen LogP contribution in [-0.4, -0.2) is 23.9 Å². The Kier molecular flexibility index (Phi) is 6.93. The minimum absolute atomic E-state index is 0.0267. The fourth-order valence-electron chi connectivity index (χ4n) is 4.83. The van der Waals surface area contributed by atoms with Crippen LogP contribution < -0.4 is 10.1 Å². The van der Waals surface area contributed by atoms with Crippen LogP contribution in [0.5, 0.6) is 0 Å². The molecule has 1 aliphatic rings. The van der Waals surface area contributed by atoms with E-state index in [0.29, 0.717) is 22.2 Å². The Labute approximate surface area is 242 Å². The molecule has 6 rings (SSSR count). The van der Waals surface area contributed by atoms with Crippen molar-refractivity contribution in [3.63, 3.8) is 0 Å². The highest BCUT2D eigenvalue weighted by atomic mass is 35.5. The summed E-state index contributed by atoms with van der Waals surface area (Å²) in [6.07, 6.45) is 2.55. The average molecular weight is 589 g/mol. The molecule has 2 heterocycles. The van der Waals surface area contributed by atoms with E-state index in [1.807, 2.05) is 82.6 Å². The van der Waals surface area contributed by atoms with Crippen LogP contribution in [0.2, 0.25) is 10.0 Å². The van der Waals surface area contributed by atoms with E-state index in [1.165, 1.54) is 12.1 Å². The Hall–Kier alpha value is -3.95. The molecule has 10 heteroatoms. The van der Waals surface area contributed by atoms with Crippen molar-refractivity contribution in [2.24, 2.45) is 10.2 Å². The van der Waals surface area contributed by atoms with Gasteiger partial charge in [-0.3, -0.25) is 5.01 Å². The number of sulfonamides is 1. The highest BCUT2D eigenvalue weighted by molar-refractivity contribution is 7.89. The summed E-state index contributed by atoms with van der Waals surface area (Å²) in [6.45, 7) is 0. The van der Waals surface area contributed by atoms with Gasteiger partial charge in [0.25, 0.3) is 0 Å². The van der Waals surface area contributed by atoms with Crippen LogP contribution in [0.25, 0.3) is 16.9 Å². The maximum Gasteiger partial charge on any atom is 0.238 e. The number of halogens is 2. The van der Waals surface area contributed by atoms with E-state index in [-0.39, 0.29) is 10.9 Å². The van der Waals surface area contributed by atoms with Crippen LogP contribution in [0.15, 0.2) is 119 Å². The average Bonchev–Trinajstić information content (AvgIpc) is 3.59. The monoisotopic (exact) mass is 587 g/mol. The van der Waals surface area contributed by atoms with E-state index in [9.17, 15) is 8.42 Å². The quantitative estimate of drug-likeness (QED) is 0.235. The van der Waals surface area contributed by atoms with Crippen LogP contribution in [-0.2, 0) is 10.0 Å². The molecular formula is C30H23Cl2N5O2S. The van der Waals surface area contributed by atoms with Gasteiger partial charge in [0.15, 0.2) is 0 Å². The zero-order valence-electron chi connectivity index (χ0n) is 21.0. The largest absolute Gasteiger partial charge is 0.257 e. The normalized spacial score (nSPS) is 15.3. The fourth-order valence-corrected chi connectivity index (χ4v) is 5.86. The SMILES string of the molecule is NS(=O)(=O)c1ccc(N2N=C(c3ccc(Cl)cc3Cl)CC2c2cn(-c3ccccc3)nc2-c2ccccc2)cc1. The van der Waals surface area contributed by atoms with Crippen molar-refractivity contribution in [3.05, 3.63) is 130 Å². The van der Waals surface area contributed by atoms with Crippen molar-refractivity contribution in [3.8, 4) is 16.9 Å². The summed E-state index contributed by atoms with van der Waals surface area (Å²) in [5.41, 5.74) is 5.91. The molecule has 1 aliphatic heterocycles. The number of primary sulfonamides is 1. The van der Waals surface area contributed by atoms with Crippen LogP contribution in [0.4, 0.5) is 5.69 Å². The molecule has 0 saturated carbocycles. The summed E-state index contributed by atoms with van der Waals surface area (Å²) < 4.78 is 25.7. The molecule has 5 aromatic rings. The van der Waals surface area contributed by atoms with Crippen molar-refractivity contribution >= 4 is 44.6 Å². The maximum atomic E-state index is 11.9. The summed E-state index contributed by atoms with van der Waals surface area (Å²) in [5, 5.41) is 18.2. The summed E-state index contributed by atoms with van der Waals surface area (Å²) in [7, 11) is -3.84. The molecule has 0 radical (unpaired) electrons. The third-order valence-electron chi connectivity index (χ3n) is 6.75. The number of para-hydroxylation sites is 1. The van der Waals surface area contributed by atoms with Gasteiger partial charge in [0.05, 0.1) is 38.7 Å². The lowest BCUT2D eigenvalue weighted by Gasteiger charge is -2.24. The van der Waals surface area contributed by atoms with Crippen molar-refractivity contribution in [1.82, 2.24) is 9.78 Å². The minimum Gasteiger partial charge on any atom is -0.257 e. The number of hydrazone groups is 1. The number of benzene rings is 4. The fraction of sp³-hybridized carbons (Fsp3) is 0.0667. The summed E-state index contributed by atoms with van der Waals surface area (Å²) in [6, 6.07) is 31.3. The van der Waals surface area contributed by atoms with Crippen molar-refractivity contribution < 1.29 is 8.42 Å². The highest BCUT2D eigenvalue weighted by Gasteiger charge is 2.34. The molecule has 0 aliphatic carbocycles. The first-order chi connectivity index (χ1) is 19.3. The van der Waals surface area contributed by atoms with Gasteiger partial charge < -0.3 is 0 Å². The Balaban J connectivity index is 1.51. The molecule has 0 bridgehead atoms. The van der Waals surface area contributed by atoms with E-state index in [2.05, 4.69) is 0 Å². The maximum absolute atomic E-state index is 11.9. The summed E-state index contributed by atoms with van der Waals surface area (Å²) in [4.78, 5) is 0.0267. The van der Waals surface area contributed by atoms with E-state index >= 15 is 0 Å². The second-order valence-corrected chi connectivity index (χ2v) is 11.8. The number of nitrogens with two attached hydrogens (primary N) is 1. The van der Waals surface area contributed by atoms with E-state index in [0.717, 1.165) is 33.8 Å². The van der Waals surface area contributed by atoms with E-state index < -0.39 is 10.0 Å². The van der Waals surface area contributed by atoms with Gasteiger partial charge in [-0.05, 0) is 48.5 Å². The lowest BCUT2D eigenvalue weighted by atomic mass is 9.96. The molecule has 200 valence electrons. The third-order valence-corrected chi connectivity index (χ3v) is 8.23. The van der Waals surface area contributed by atoms with Crippen LogP contribution >= 0.6 is 23.2 Å². The molecule has 0 fully saturated rings. The van der Waals surface area contributed by atoms with Gasteiger partial charge in [-0.1, -0.05) is 77.8 Å². The smallest absolute Gasteiger partial charge is 0.238 e. The Morgan fingerprint density at radius 1 is 0.825 bits per heavy atom. The van der Waals surface area contributed by atoms with Crippen molar-refractivity contribution in [2.45, 2.75) is 17.4 Å². The Bertz CT molecular complexity index is 1820. The van der Waals surface area contributed by atoms with Gasteiger partial charge in [0.2, 0.25) is 10.0 Å². The summed E-state index contributed by atoms with van der Waals surface area (Å²) in [5.74, 6) is 0. The van der Waals surface area contributed by atoms with E-state index in [1.54, 1.807) is 24.3 Å². The van der Waals surface area contributed by atoms with Crippen LogP contribution in [0.3, 0.4) is 0 Å². The molecule has 40 heavy (non-hydrogen) atoms. The topological polar surface area (TPSA) is 93.6 Å². The van der Waals surface area contributed by atoms with Gasteiger partial charge in [0.1, 0.15) is 0 Å². The molecule has 1 aromatic heterocycles. The zero-order valence-corrected chi connectivity index (χ0v) is 23.4. The van der Waals surface area contributed by atoms with Crippen LogP contribution in [0, 0.1) is 0 Å². The zero-order chi connectivity index (χ0) is 27.9. The minimum atomic E-state index is -3.84. The first-order valence-corrected chi connectivity index (χ1v) is 14.7. The lowest BCUT2D eigenvalue weighted by molar-refractivity contribution is 0.597. The molecule has 0 spiro atoms. The molecule has 1 atom stereocenters. The number of nitrogens with zero attached hydrogens (tertiary/aromatic N) is 4. The predicted octanol–water partition coefficient (Wildman–Crippen LogP) is 6.85. The molecular weight excluding hydrogens is 565 g/mol. The van der Waals surface area contributed by atoms with Gasteiger partial charge in [-0.25, -0.2) is 18.2 Å². The molecule has 1 unspecified atom stereocenters. The second kappa shape index (κ2) is 10.6. The molecule has 4 aromatic carbocycles. The van der Waals surface area contributed by atoms with Gasteiger partial charge in [0, 0.05) is 34.3 Å². The Morgan fingerprint density at radius 3 is 2.15 bits per heavy atom. The number of aromatic nitrogens is 2. The Morgan fingerprint density at radius 2 is 1.50 bits per heavy atom. The molecule has 2 N–H and O–H groups in total. The number of rotatable bonds is 6. The van der Waals surface area contributed by atoms with Gasteiger partial charge in [-0.2, -0.15) is 10.2 Å². The standard InChI is InChI=1S/C30H23Cl2N5O2S/c31-21-11-16-25(27(32)17-21)28-18-29(37(34-28)23-12-14-24(15-13-23)40(33,38)39)26-19-36(22-9-5-2-6-10-22)35-30(26)20-7-3-1-4-8-20/h1-17,19,29H,18H2,(H2,33,38,39). The first kappa shape index (κ1) is 26.3. The number of anilines is 1. The molecule has 7 nitrogen and oxygen atoms in total.